The van der Waals surface area contributed by atoms with Crippen LogP contribution in [0.1, 0.15) is 19.4 Å². The fourth-order valence-corrected chi connectivity index (χ4v) is 5.43. The fraction of sp³-hybridized carbons (Fsp3) is 0.333. The van der Waals surface area contributed by atoms with Crippen molar-refractivity contribution in [1.29, 1.82) is 0 Å². The highest BCUT2D eigenvalue weighted by atomic mass is 16.5. The first-order chi connectivity index (χ1) is 15.4. The largest absolute Gasteiger partial charge is 0.465 e. The van der Waals surface area contributed by atoms with Crippen molar-refractivity contribution >= 4 is 35.1 Å². The summed E-state index contributed by atoms with van der Waals surface area (Å²) in [5.41, 5.74) is 0.221. The Morgan fingerprint density at radius 2 is 1.72 bits per heavy atom. The number of anilines is 2. The van der Waals surface area contributed by atoms with Gasteiger partial charge in [0.2, 0.25) is 11.8 Å². The lowest BCUT2D eigenvalue weighted by Gasteiger charge is -2.30. The summed E-state index contributed by atoms with van der Waals surface area (Å²) in [4.78, 5) is 55.7. The van der Waals surface area contributed by atoms with Crippen molar-refractivity contribution in [3.05, 3.63) is 60.2 Å². The van der Waals surface area contributed by atoms with Crippen LogP contribution in [0.2, 0.25) is 0 Å². The second-order valence-electron chi connectivity index (χ2n) is 8.31. The van der Waals surface area contributed by atoms with Gasteiger partial charge in [0.25, 0.3) is 5.91 Å². The van der Waals surface area contributed by atoms with Gasteiger partial charge < -0.3 is 4.74 Å². The molecule has 3 heterocycles. The predicted octanol–water partition coefficient (Wildman–Crippen LogP) is 1.59. The van der Waals surface area contributed by atoms with Gasteiger partial charge in [-0.25, -0.2) is 4.90 Å². The highest BCUT2D eigenvalue weighted by Crippen LogP contribution is 2.54. The van der Waals surface area contributed by atoms with Crippen LogP contribution in [0, 0.1) is 11.8 Å². The monoisotopic (exact) mass is 433 g/mol. The van der Waals surface area contributed by atoms with E-state index >= 15 is 0 Å². The molecule has 0 bridgehead atoms. The van der Waals surface area contributed by atoms with Gasteiger partial charge in [-0.3, -0.25) is 29.4 Å². The Balaban J connectivity index is 1.62. The molecule has 8 heteroatoms. The zero-order valence-corrected chi connectivity index (χ0v) is 17.8. The Morgan fingerprint density at radius 1 is 1.03 bits per heavy atom. The van der Waals surface area contributed by atoms with E-state index in [2.05, 4.69) is 5.32 Å². The summed E-state index contributed by atoms with van der Waals surface area (Å²) >= 11 is 0. The maximum atomic E-state index is 13.9. The number of carbonyl (C=O) groups is 4. The van der Waals surface area contributed by atoms with E-state index in [4.69, 9.17) is 4.74 Å². The van der Waals surface area contributed by atoms with Gasteiger partial charge in [-0.1, -0.05) is 36.4 Å². The van der Waals surface area contributed by atoms with E-state index in [1.165, 1.54) is 9.80 Å². The maximum absolute atomic E-state index is 13.9. The molecule has 8 nitrogen and oxygen atoms in total. The summed E-state index contributed by atoms with van der Waals surface area (Å²) in [5, 5.41) is 3.29. The average Bonchev–Trinajstić information content (AvgIpc) is 3.33. The molecule has 164 valence electrons. The second kappa shape index (κ2) is 7.27. The lowest BCUT2D eigenvalue weighted by molar-refractivity contribution is -0.142. The van der Waals surface area contributed by atoms with E-state index < -0.39 is 41.2 Å². The molecule has 3 aliphatic rings. The first-order valence-electron chi connectivity index (χ1n) is 10.7. The molecule has 4 atom stereocenters. The van der Waals surface area contributed by atoms with Gasteiger partial charge in [-0.05, 0) is 32.0 Å². The molecule has 2 aromatic rings. The lowest BCUT2D eigenvalue weighted by Crippen LogP contribution is -2.55. The van der Waals surface area contributed by atoms with E-state index in [9.17, 15) is 19.2 Å². The number of ether oxygens (including phenoxy) is 1. The number of imide groups is 1. The molecule has 1 N–H and O–H groups in total. The van der Waals surface area contributed by atoms with Crippen LogP contribution in [-0.4, -0.2) is 42.9 Å². The van der Waals surface area contributed by atoms with Gasteiger partial charge in [-0.15, -0.1) is 0 Å². The Morgan fingerprint density at radius 3 is 2.44 bits per heavy atom. The van der Waals surface area contributed by atoms with E-state index in [0.29, 0.717) is 16.9 Å². The number of hydrogen-bond donors (Lipinski definition) is 1. The van der Waals surface area contributed by atoms with Gasteiger partial charge in [0, 0.05) is 17.3 Å². The highest BCUT2D eigenvalue weighted by Gasteiger charge is 2.71. The highest BCUT2D eigenvalue weighted by molar-refractivity contribution is 6.26. The van der Waals surface area contributed by atoms with Crippen molar-refractivity contribution in [1.82, 2.24) is 5.32 Å². The van der Waals surface area contributed by atoms with Gasteiger partial charge >= 0.3 is 5.97 Å². The molecule has 2 saturated heterocycles. The third-order valence-corrected chi connectivity index (χ3v) is 6.62. The molecule has 3 aliphatic heterocycles. The summed E-state index contributed by atoms with van der Waals surface area (Å²) in [6.45, 7) is 3.46. The molecule has 2 fully saturated rings. The summed E-state index contributed by atoms with van der Waals surface area (Å²) in [7, 11) is 0. The molecule has 4 unspecified atom stereocenters. The van der Waals surface area contributed by atoms with Crippen molar-refractivity contribution in [3.8, 4) is 0 Å². The molecule has 0 aromatic heterocycles. The van der Waals surface area contributed by atoms with Crippen LogP contribution < -0.4 is 15.1 Å². The van der Waals surface area contributed by atoms with Crippen LogP contribution in [0.4, 0.5) is 11.4 Å². The van der Waals surface area contributed by atoms with Crippen molar-refractivity contribution in [2.24, 2.45) is 11.8 Å². The predicted molar refractivity (Wildman–Crippen MR) is 116 cm³/mol. The molecule has 0 saturated carbocycles. The zero-order chi connectivity index (χ0) is 22.6. The summed E-state index contributed by atoms with van der Waals surface area (Å²) in [5.74, 6) is -3.29. The van der Waals surface area contributed by atoms with Crippen molar-refractivity contribution in [2.75, 3.05) is 23.0 Å². The van der Waals surface area contributed by atoms with E-state index in [1.807, 2.05) is 13.0 Å². The van der Waals surface area contributed by atoms with Crippen molar-refractivity contribution in [3.63, 3.8) is 0 Å². The first kappa shape index (κ1) is 20.4. The molecule has 2 aromatic carbocycles. The summed E-state index contributed by atoms with van der Waals surface area (Å²) in [6.07, 6.45) is 0. The van der Waals surface area contributed by atoms with Gasteiger partial charge in [0.05, 0.1) is 24.1 Å². The SMILES string of the molecule is CCOC(=O)CN1C(=O)C2(NC(C)C3C(=O)N(c4ccccc4)C(=O)C32)c2ccccc21. The molecule has 1 spiro atoms. The van der Waals surface area contributed by atoms with Crippen LogP contribution in [-0.2, 0) is 29.5 Å². The number of carbonyl (C=O) groups excluding carboxylic acids is 4. The molecule has 0 aliphatic carbocycles. The molecule has 5 rings (SSSR count). The number of hydrogen-bond acceptors (Lipinski definition) is 6. The third-order valence-electron chi connectivity index (χ3n) is 6.62. The molecular formula is C24H23N3O5. The summed E-state index contributed by atoms with van der Waals surface area (Å²) in [6, 6.07) is 15.4. The van der Waals surface area contributed by atoms with Crippen LogP contribution in [0.25, 0.3) is 0 Å². The topological polar surface area (TPSA) is 96.0 Å². The van der Waals surface area contributed by atoms with Gasteiger partial charge in [0.1, 0.15) is 12.1 Å². The number of nitrogens with one attached hydrogen (secondary N) is 1. The zero-order valence-electron chi connectivity index (χ0n) is 17.8. The normalized spacial score (nSPS) is 28.4. The standard InChI is InChI=1S/C24H23N3O5/c1-3-32-18(28)13-26-17-12-8-7-11-16(17)24(23(26)31)20-19(14(2)25-24)21(29)27(22(20)30)15-9-5-4-6-10-15/h4-12,14,19-20,25H,3,13H2,1-2H3. The Hall–Kier alpha value is -3.52. The number of rotatable bonds is 4. The Bertz CT molecular complexity index is 1130. The Labute approximate surface area is 185 Å². The number of esters is 1. The first-order valence-corrected chi connectivity index (χ1v) is 10.7. The van der Waals surface area contributed by atoms with E-state index in [1.54, 1.807) is 55.5 Å². The molecule has 32 heavy (non-hydrogen) atoms. The number of fused-ring (bicyclic) bond motifs is 4. The van der Waals surface area contributed by atoms with Crippen molar-refractivity contribution < 1.29 is 23.9 Å². The lowest BCUT2D eigenvalue weighted by atomic mass is 9.76. The third kappa shape index (κ3) is 2.59. The second-order valence-corrected chi connectivity index (χ2v) is 8.31. The molecular weight excluding hydrogens is 410 g/mol. The number of benzene rings is 2. The fourth-order valence-electron chi connectivity index (χ4n) is 5.43. The van der Waals surface area contributed by atoms with Gasteiger partial charge in [-0.2, -0.15) is 0 Å². The molecule has 3 amide bonds. The van der Waals surface area contributed by atoms with E-state index in [-0.39, 0.29) is 19.1 Å². The quantitative estimate of drug-likeness (QED) is 0.581. The smallest absolute Gasteiger partial charge is 0.326 e. The van der Waals surface area contributed by atoms with E-state index in [0.717, 1.165) is 0 Å². The Kier molecular flexibility index (Phi) is 4.63. The van der Waals surface area contributed by atoms with Gasteiger partial charge in [0.15, 0.2) is 0 Å². The minimum Gasteiger partial charge on any atom is -0.465 e. The maximum Gasteiger partial charge on any atom is 0.326 e. The minimum absolute atomic E-state index is 0.201. The number of nitrogens with zero attached hydrogens (tertiary/aromatic N) is 2. The average molecular weight is 433 g/mol. The van der Waals surface area contributed by atoms with Crippen molar-refractivity contribution in [2.45, 2.75) is 25.4 Å². The van der Waals surface area contributed by atoms with Crippen LogP contribution in [0.15, 0.2) is 54.6 Å². The number of amides is 3. The number of para-hydroxylation sites is 2. The minimum atomic E-state index is -1.41. The van der Waals surface area contributed by atoms with Crippen LogP contribution in [0.5, 0.6) is 0 Å². The van der Waals surface area contributed by atoms with Crippen LogP contribution >= 0.6 is 0 Å². The van der Waals surface area contributed by atoms with Crippen LogP contribution in [0.3, 0.4) is 0 Å². The molecule has 0 radical (unpaired) electrons. The summed E-state index contributed by atoms with van der Waals surface area (Å²) < 4.78 is 5.06.